The largest absolute Gasteiger partial charge is 1.00 e. The van der Waals surface area contributed by atoms with Crippen molar-refractivity contribution in [3.63, 3.8) is 0 Å². The molecule has 2 heterocycles. The average Bonchev–Trinajstić information content (AvgIpc) is 2.50. The molecule has 1 aromatic rings. The number of fused-ring (bicyclic) bond motifs is 1. The molecule has 3 heteroatoms. The molecule has 1 aromatic heterocycles. The Morgan fingerprint density at radius 2 is 2.31 bits per heavy atom. The standard InChI is InChI=1S/C10H17N2.BrH/c1-2-6-11-8-9-12-7-4-3-5-10(11)12;/h8-9H,2-7H2,1H3;1H/q+1;/p-1. The molecular formula is C10H17BrN2. The molecule has 0 spiro atoms. The van der Waals surface area contributed by atoms with Gasteiger partial charge in [0.25, 0.3) is 5.82 Å². The van der Waals surface area contributed by atoms with E-state index in [-0.39, 0.29) is 17.0 Å². The van der Waals surface area contributed by atoms with Gasteiger partial charge < -0.3 is 17.0 Å². The van der Waals surface area contributed by atoms with Crippen molar-refractivity contribution in [2.24, 2.45) is 0 Å². The van der Waals surface area contributed by atoms with Crippen LogP contribution in [-0.4, -0.2) is 4.57 Å². The van der Waals surface area contributed by atoms with Gasteiger partial charge in [0.05, 0.1) is 13.1 Å². The lowest BCUT2D eigenvalue weighted by atomic mass is 10.2. The number of nitrogens with zero attached hydrogens (tertiary/aromatic N) is 2. The zero-order chi connectivity index (χ0) is 8.39. The number of hydrogen-bond donors (Lipinski definition) is 0. The molecule has 74 valence electrons. The normalized spacial score (nSPS) is 14.8. The third-order valence-electron chi connectivity index (χ3n) is 2.60. The molecule has 1 aliphatic heterocycles. The van der Waals surface area contributed by atoms with Gasteiger partial charge in [0.2, 0.25) is 0 Å². The Kier molecular flexibility index (Phi) is 3.97. The molecule has 0 aromatic carbocycles. The number of rotatable bonds is 2. The van der Waals surface area contributed by atoms with Crippen molar-refractivity contribution in [2.75, 3.05) is 0 Å². The molecule has 2 nitrogen and oxygen atoms in total. The highest BCUT2D eigenvalue weighted by molar-refractivity contribution is 4.85. The molecule has 0 fully saturated rings. The van der Waals surface area contributed by atoms with Crippen molar-refractivity contribution in [1.29, 1.82) is 0 Å². The smallest absolute Gasteiger partial charge is 0.256 e. The molecule has 0 amide bonds. The van der Waals surface area contributed by atoms with Crippen LogP contribution in [0, 0.1) is 0 Å². The van der Waals surface area contributed by atoms with E-state index in [0.717, 1.165) is 0 Å². The number of halogens is 1. The Morgan fingerprint density at radius 3 is 3.08 bits per heavy atom. The van der Waals surface area contributed by atoms with E-state index in [1.807, 2.05) is 0 Å². The SMILES string of the molecule is CCCn1cc[n+]2c1CCCC2.[Br-]. The van der Waals surface area contributed by atoms with Gasteiger partial charge in [-0.05, 0) is 19.3 Å². The summed E-state index contributed by atoms with van der Waals surface area (Å²) in [5.41, 5.74) is 0. The third-order valence-corrected chi connectivity index (χ3v) is 2.60. The van der Waals surface area contributed by atoms with E-state index in [4.69, 9.17) is 0 Å². The number of aryl methyl sites for hydroxylation is 2. The Hall–Kier alpha value is -0.310. The van der Waals surface area contributed by atoms with Gasteiger partial charge in [-0.1, -0.05) is 6.92 Å². The van der Waals surface area contributed by atoms with Crippen molar-refractivity contribution >= 4 is 0 Å². The van der Waals surface area contributed by atoms with Gasteiger partial charge in [0, 0.05) is 6.42 Å². The van der Waals surface area contributed by atoms with Crippen LogP contribution in [0.4, 0.5) is 0 Å². The first-order valence-corrected chi connectivity index (χ1v) is 4.99. The second kappa shape index (κ2) is 4.80. The van der Waals surface area contributed by atoms with E-state index in [1.54, 1.807) is 0 Å². The molecule has 0 aliphatic carbocycles. The van der Waals surface area contributed by atoms with Crippen LogP contribution in [0.5, 0.6) is 0 Å². The molecule has 1 aliphatic rings. The van der Waals surface area contributed by atoms with E-state index in [9.17, 15) is 0 Å². The van der Waals surface area contributed by atoms with Crippen molar-refractivity contribution < 1.29 is 21.5 Å². The summed E-state index contributed by atoms with van der Waals surface area (Å²) in [6.07, 6.45) is 9.69. The minimum absolute atomic E-state index is 0. The van der Waals surface area contributed by atoms with Gasteiger partial charge in [-0.15, -0.1) is 0 Å². The molecule has 0 atom stereocenters. The van der Waals surface area contributed by atoms with Gasteiger partial charge in [0.1, 0.15) is 12.4 Å². The minimum Gasteiger partial charge on any atom is -1.00 e. The lowest BCUT2D eigenvalue weighted by Gasteiger charge is -2.08. The van der Waals surface area contributed by atoms with Gasteiger partial charge in [-0.3, -0.25) is 0 Å². The summed E-state index contributed by atoms with van der Waals surface area (Å²) in [5, 5.41) is 0. The average molecular weight is 245 g/mol. The monoisotopic (exact) mass is 244 g/mol. The van der Waals surface area contributed by atoms with Crippen LogP contribution in [-0.2, 0) is 19.5 Å². The van der Waals surface area contributed by atoms with Gasteiger partial charge >= 0.3 is 0 Å². The summed E-state index contributed by atoms with van der Waals surface area (Å²) in [6.45, 7) is 4.65. The van der Waals surface area contributed by atoms with E-state index < -0.39 is 0 Å². The second-order valence-electron chi connectivity index (χ2n) is 3.56. The number of imidazole rings is 1. The summed E-state index contributed by atoms with van der Waals surface area (Å²) in [7, 11) is 0. The highest BCUT2D eigenvalue weighted by Gasteiger charge is 2.19. The first-order valence-electron chi connectivity index (χ1n) is 4.99. The summed E-state index contributed by atoms with van der Waals surface area (Å²) < 4.78 is 4.80. The fourth-order valence-electron chi connectivity index (χ4n) is 2.00. The van der Waals surface area contributed by atoms with Crippen LogP contribution in [0.25, 0.3) is 0 Å². The number of aromatic nitrogens is 2. The molecule has 0 N–H and O–H groups in total. The van der Waals surface area contributed by atoms with Gasteiger partial charge in [-0.2, -0.15) is 0 Å². The van der Waals surface area contributed by atoms with Crippen LogP contribution in [0.15, 0.2) is 12.4 Å². The summed E-state index contributed by atoms with van der Waals surface area (Å²) in [6, 6.07) is 0. The predicted molar refractivity (Wildman–Crippen MR) is 47.9 cm³/mol. The fourth-order valence-corrected chi connectivity index (χ4v) is 2.00. The quantitative estimate of drug-likeness (QED) is 0.562. The first kappa shape index (κ1) is 10.8. The third kappa shape index (κ3) is 2.13. The van der Waals surface area contributed by atoms with Crippen LogP contribution in [0.3, 0.4) is 0 Å². The summed E-state index contributed by atoms with van der Waals surface area (Å²) in [4.78, 5) is 0. The maximum atomic E-state index is 2.40. The second-order valence-corrected chi connectivity index (χ2v) is 3.56. The number of hydrogen-bond acceptors (Lipinski definition) is 0. The Bertz CT molecular complexity index is 268. The highest BCUT2D eigenvalue weighted by atomic mass is 79.9. The summed E-state index contributed by atoms with van der Waals surface area (Å²) >= 11 is 0. The molecule has 0 saturated heterocycles. The molecular weight excluding hydrogens is 228 g/mol. The Balaban J connectivity index is 0.000000845. The minimum atomic E-state index is 0. The molecule has 0 bridgehead atoms. The van der Waals surface area contributed by atoms with Crippen molar-refractivity contribution in [3.8, 4) is 0 Å². The van der Waals surface area contributed by atoms with E-state index in [0.29, 0.717) is 0 Å². The van der Waals surface area contributed by atoms with Crippen LogP contribution < -0.4 is 21.5 Å². The van der Waals surface area contributed by atoms with Gasteiger partial charge in [-0.25, -0.2) is 9.13 Å². The van der Waals surface area contributed by atoms with Crippen molar-refractivity contribution in [2.45, 2.75) is 45.7 Å². The summed E-state index contributed by atoms with van der Waals surface area (Å²) in [5.74, 6) is 1.53. The predicted octanol–water partition coefficient (Wildman–Crippen LogP) is -1.47. The van der Waals surface area contributed by atoms with Crippen molar-refractivity contribution in [3.05, 3.63) is 18.2 Å². The van der Waals surface area contributed by atoms with Crippen LogP contribution >= 0.6 is 0 Å². The Labute approximate surface area is 90.3 Å². The highest BCUT2D eigenvalue weighted by Crippen LogP contribution is 2.08. The maximum Gasteiger partial charge on any atom is 0.256 e. The molecule has 0 saturated carbocycles. The van der Waals surface area contributed by atoms with Crippen LogP contribution in [0.1, 0.15) is 32.0 Å². The lowest BCUT2D eigenvalue weighted by Crippen LogP contribution is -3.00. The first-order chi connectivity index (χ1) is 5.92. The zero-order valence-electron chi connectivity index (χ0n) is 8.17. The molecule has 2 rings (SSSR count). The molecule has 13 heavy (non-hydrogen) atoms. The van der Waals surface area contributed by atoms with E-state index in [1.165, 1.54) is 44.6 Å². The van der Waals surface area contributed by atoms with E-state index >= 15 is 0 Å². The van der Waals surface area contributed by atoms with Crippen molar-refractivity contribution in [1.82, 2.24) is 4.57 Å². The lowest BCUT2D eigenvalue weighted by molar-refractivity contribution is -0.709. The fraction of sp³-hybridized carbons (Fsp3) is 0.700. The molecule has 0 unspecified atom stereocenters. The maximum absolute atomic E-state index is 2.40. The Morgan fingerprint density at radius 1 is 1.46 bits per heavy atom. The van der Waals surface area contributed by atoms with Crippen LogP contribution in [0.2, 0.25) is 0 Å². The van der Waals surface area contributed by atoms with Gasteiger partial charge in [0.15, 0.2) is 0 Å². The molecule has 0 radical (unpaired) electrons. The van der Waals surface area contributed by atoms with E-state index in [2.05, 4.69) is 28.5 Å². The topological polar surface area (TPSA) is 8.81 Å². The zero-order valence-corrected chi connectivity index (χ0v) is 9.76.